The summed E-state index contributed by atoms with van der Waals surface area (Å²) in [6.45, 7) is 5.12. The van der Waals surface area contributed by atoms with Crippen LogP contribution in [0.4, 0.5) is 5.69 Å². The molecule has 0 radical (unpaired) electrons. The molecule has 24 heteroatoms. The fourth-order valence-electron chi connectivity index (χ4n) is 7.96. The number of aliphatic hydroxyl groups excluding tert-OH is 1. The maximum atomic E-state index is 14.5. The molecule has 23 nitrogen and oxygen atoms in total. The van der Waals surface area contributed by atoms with Gasteiger partial charge in [-0.05, 0) is 23.8 Å². The first kappa shape index (κ1) is 49.7. The zero-order valence-corrected chi connectivity index (χ0v) is 37.3. The molecule has 3 aliphatic heterocycles. The van der Waals surface area contributed by atoms with Crippen LogP contribution in [0.15, 0.2) is 17.2 Å². The number of esters is 1. The molecule has 7 amide bonds. The number of hydrogen-bond acceptors (Lipinski definition) is 15. The number of rotatable bonds is 7. The van der Waals surface area contributed by atoms with Crippen molar-refractivity contribution < 1.29 is 63.0 Å². The number of ketones is 1. The number of thioether (sulfide) groups is 1. The molecule has 0 saturated carbocycles. The molecule has 2 aromatic rings. The van der Waals surface area contributed by atoms with Crippen molar-refractivity contribution in [1.29, 1.82) is 0 Å². The molecule has 9 N–H and O–H groups in total. The van der Waals surface area contributed by atoms with Crippen LogP contribution in [-0.2, 0) is 54.3 Å². The van der Waals surface area contributed by atoms with Gasteiger partial charge in [-0.25, -0.2) is 0 Å². The maximum Gasteiger partial charge on any atom is 0.311 e. The number of phenols is 1. The number of nitro groups is 1. The van der Waals surface area contributed by atoms with Crippen LogP contribution in [0.25, 0.3) is 10.9 Å². The fraction of sp³-hybridized carbons (Fsp3) is 0.585. The first-order valence-corrected chi connectivity index (χ1v) is 22.2. The van der Waals surface area contributed by atoms with Crippen LogP contribution in [0.2, 0.25) is 0 Å². The first-order valence-electron chi connectivity index (χ1n) is 21.2. The van der Waals surface area contributed by atoms with Gasteiger partial charge >= 0.3 is 11.7 Å². The highest BCUT2D eigenvalue weighted by Crippen LogP contribution is 2.39. The number of H-pyrrole nitrogens is 1. The Labute approximate surface area is 376 Å². The van der Waals surface area contributed by atoms with Gasteiger partial charge in [-0.3, -0.25) is 53.3 Å². The third-order valence-electron chi connectivity index (χ3n) is 12.1. The lowest BCUT2D eigenvalue weighted by Gasteiger charge is -2.31. The van der Waals surface area contributed by atoms with Crippen LogP contribution in [0, 0.1) is 27.9 Å². The van der Waals surface area contributed by atoms with E-state index >= 15 is 0 Å². The fourth-order valence-corrected chi connectivity index (χ4v) is 9.08. The van der Waals surface area contributed by atoms with Crippen molar-refractivity contribution in [3.8, 4) is 5.75 Å². The van der Waals surface area contributed by atoms with Gasteiger partial charge < -0.3 is 56.7 Å². The van der Waals surface area contributed by atoms with Crippen molar-refractivity contribution in [1.82, 2.24) is 41.8 Å². The third-order valence-corrected chi connectivity index (χ3v) is 13.2. The Kier molecular flexibility index (Phi) is 16.5. The van der Waals surface area contributed by atoms with Gasteiger partial charge in [0, 0.05) is 48.6 Å². The third kappa shape index (κ3) is 11.9. The molecule has 354 valence electrons. The molecular weight excluding hydrogens is 875 g/mol. The molecule has 2 bridgehead atoms. The Morgan fingerprint density at radius 1 is 0.892 bits per heavy atom. The van der Waals surface area contributed by atoms with Crippen LogP contribution in [0.5, 0.6) is 5.75 Å². The standard InChI is InChI=1S/C41H55N9O14S/c1-6-18(3)34-30(53)9-20-8-23-22-11-27(50(62)63)29(52)12-24(22)46-40(23)65-17-26(44-31(54)14-43-39(60)35(19(4)7-2)47-32(55)15-42-36(20)57)37(58)45-25(13-33(56)64-5)41(61)49-16-21(51)10-28(49)38(59)48-34/h11-12,18-21,25-26,28,34-35,46,51-52H,6-10,13-17H2,1-5H3,(H,42,57)(H,43,60)(H,44,54)(H,45,58)(H,47,55)(H,48,59)/t18-,19-,20+,21+,25-,26-,28-,34-,35-/m0/s1. The SMILES string of the molecule is CC[C@H](C)[C@@H]1NC(=O)[C@@H]2C[C@@H](O)CN2C(=O)[C@H](CC(=O)OC)NC(=O)[C@@H]2CSc3[nH]c4cc(O)c([N+](=O)[O-])cc4c3C[C@H](CC1=O)C(=O)NCC(=O)N[C@@H]([C@@H](C)CC)C(=O)NCC(=O)N2. The van der Waals surface area contributed by atoms with E-state index in [-0.39, 0.29) is 40.1 Å². The van der Waals surface area contributed by atoms with Gasteiger partial charge in [0.05, 0.1) is 54.2 Å². The summed E-state index contributed by atoms with van der Waals surface area (Å²) >= 11 is 0.883. The van der Waals surface area contributed by atoms with Crippen molar-refractivity contribution in [2.24, 2.45) is 17.8 Å². The molecule has 65 heavy (non-hydrogen) atoms. The van der Waals surface area contributed by atoms with Crippen LogP contribution >= 0.6 is 11.8 Å². The van der Waals surface area contributed by atoms with E-state index in [9.17, 15) is 63.5 Å². The number of aromatic hydroxyl groups is 1. The zero-order valence-electron chi connectivity index (χ0n) is 36.5. The number of fused-ring (bicyclic) bond motifs is 5. The Hall–Kier alpha value is -6.30. The van der Waals surface area contributed by atoms with Gasteiger partial charge in [-0.15, -0.1) is 11.8 Å². The van der Waals surface area contributed by atoms with Crippen molar-refractivity contribution in [2.75, 3.05) is 32.5 Å². The number of aromatic amines is 1. The van der Waals surface area contributed by atoms with Gasteiger partial charge in [0.25, 0.3) is 0 Å². The van der Waals surface area contributed by atoms with E-state index in [1.165, 1.54) is 0 Å². The summed E-state index contributed by atoms with van der Waals surface area (Å²) in [6.07, 6.45) is -2.44. The quantitative estimate of drug-likeness (QED) is 0.0896. The Bertz CT molecular complexity index is 2230. The average molecular weight is 930 g/mol. The van der Waals surface area contributed by atoms with Gasteiger partial charge in [-0.2, -0.15) is 0 Å². The summed E-state index contributed by atoms with van der Waals surface area (Å²) in [7, 11) is 1.05. The number of methoxy groups -OCH3 is 1. The normalized spacial score (nSPS) is 26.6. The lowest BCUT2D eigenvalue weighted by molar-refractivity contribution is -0.385. The number of nitro benzene ring substituents is 1. The number of nitrogens with zero attached hydrogens (tertiary/aromatic N) is 2. The monoisotopic (exact) mass is 929 g/mol. The number of phenolic OH excluding ortho intramolecular Hbond substituents is 1. The Morgan fingerprint density at radius 2 is 1.54 bits per heavy atom. The number of aliphatic hydroxyl groups is 1. The molecule has 1 fully saturated rings. The second kappa shape index (κ2) is 21.6. The molecule has 9 atom stereocenters. The first-order chi connectivity index (χ1) is 30.8. The van der Waals surface area contributed by atoms with Crippen molar-refractivity contribution in [3.63, 3.8) is 0 Å². The molecule has 0 unspecified atom stereocenters. The number of aromatic nitrogens is 1. The smallest absolute Gasteiger partial charge is 0.311 e. The highest BCUT2D eigenvalue weighted by Gasteiger charge is 2.44. The van der Waals surface area contributed by atoms with Crippen LogP contribution in [-0.4, -0.2) is 147 Å². The van der Waals surface area contributed by atoms with E-state index in [0.29, 0.717) is 12.8 Å². The Morgan fingerprint density at radius 3 is 2.18 bits per heavy atom. The van der Waals surface area contributed by atoms with Crippen molar-refractivity contribution in [2.45, 2.75) is 108 Å². The number of benzene rings is 1. The number of ether oxygens (including phenoxy) is 1. The Balaban J connectivity index is 1.73. The average Bonchev–Trinajstić information content (AvgIpc) is 3.83. The minimum Gasteiger partial charge on any atom is -0.502 e. The second-order valence-corrected chi connectivity index (χ2v) is 17.6. The molecule has 4 heterocycles. The molecule has 3 aliphatic rings. The summed E-state index contributed by atoms with van der Waals surface area (Å²) in [4.78, 5) is 140. The van der Waals surface area contributed by atoms with E-state index in [1.807, 2.05) is 0 Å². The van der Waals surface area contributed by atoms with Gasteiger partial charge in [0.2, 0.25) is 41.4 Å². The van der Waals surface area contributed by atoms with Crippen LogP contribution in [0.3, 0.4) is 0 Å². The van der Waals surface area contributed by atoms with E-state index < -0.39 is 156 Å². The van der Waals surface area contributed by atoms with Crippen molar-refractivity contribution >= 4 is 81.5 Å². The van der Waals surface area contributed by atoms with E-state index in [0.717, 1.165) is 35.9 Å². The molecule has 1 saturated heterocycles. The number of amides is 7. The van der Waals surface area contributed by atoms with E-state index in [1.54, 1.807) is 27.7 Å². The number of carbonyl (C=O) groups excluding carboxylic acids is 9. The lowest BCUT2D eigenvalue weighted by atomic mass is 9.86. The molecule has 1 aromatic heterocycles. The second-order valence-electron chi connectivity index (χ2n) is 16.6. The summed E-state index contributed by atoms with van der Waals surface area (Å²) in [6, 6.07) is -5.01. The van der Waals surface area contributed by atoms with E-state index in [4.69, 9.17) is 4.74 Å². The number of carbonyl (C=O) groups is 9. The molecule has 0 aliphatic carbocycles. The highest BCUT2D eigenvalue weighted by atomic mass is 32.2. The summed E-state index contributed by atoms with van der Waals surface area (Å²) < 4.78 is 4.80. The minimum atomic E-state index is -1.72. The molecule has 5 rings (SSSR count). The number of hydrogen-bond donors (Lipinski definition) is 9. The number of Topliss-reactive ketones (excluding diaryl/α,β-unsaturated/α-hetero) is 1. The minimum absolute atomic E-state index is 0.142. The summed E-state index contributed by atoms with van der Waals surface area (Å²) in [5.74, 6) is -11.2. The molecular formula is C41H55N9O14S. The van der Waals surface area contributed by atoms with Gasteiger partial charge in [0.1, 0.15) is 24.2 Å². The number of nitrogens with one attached hydrogen (secondary N) is 7. The zero-order chi connectivity index (χ0) is 47.9. The van der Waals surface area contributed by atoms with Crippen LogP contribution in [0.1, 0.15) is 65.4 Å². The topological polar surface area (TPSA) is 338 Å². The van der Waals surface area contributed by atoms with Crippen LogP contribution < -0.4 is 31.9 Å². The predicted molar refractivity (Wildman–Crippen MR) is 230 cm³/mol. The van der Waals surface area contributed by atoms with E-state index in [2.05, 4.69) is 36.9 Å². The maximum absolute atomic E-state index is 14.5. The molecule has 0 spiro atoms. The largest absolute Gasteiger partial charge is 0.502 e. The summed E-state index contributed by atoms with van der Waals surface area (Å²) in [5, 5.41) is 49.0. The highest BCUT2D eigenvalue weighted by molar-refractivity contribution is 7.99. The summed E-state index contributed by atoms with van der Waals surface area (Å²) in [5.41, 5.74) is -0.338. The van der Waals surface area contributed by atoms with Gasteiger partial charge in [0.15, 0.2) is 11.5 Å². The lowest BCUT2D eigenvalue weighted by Crippen LogP contribution is -2.59. The van der Waals surface area contributed by atoms with Crippen molar-refractivity contribution in [3.05, 3.63) is 27.8 Å². The predicted octanol–water partition coefficient (Wildman–Crippen LogP) is -1.19. The molecule has 1 aromatic carbocycles. The van der Waals surface area contributed by atoms with Gasteiger partial charge in [-0.1, -0.05) is 40.5 Å².